The van der Waals surface area contributed by atoms with Crippen LogP contribution in [0.25, 0.3) is 0 Å². The first kappa shape index (κ1) is 8.52. The van der Waals surface area contributed by atoms with Gasteiger partial charge in [-0.1, -0.05) is 12.8 Å². The summed E-state index contributed by atoms with van der Waals surface area (Å²) in [5.41, 5.74) is 0.285. The van der Waals surface area contributed by atoms with E-state index in [0.717, 1.165) is 0 Å². The lowest BCUT2D eigenvalue weighted by Gasteiger charge is -2.39. The summed E-state index contributed by atoms with van der Waals surface area (Å²) in [5.74, 6) is 0. The van der Waals surface area contributed by atoms with Crippen LogP contribution in [0, 0.1) is 5.41 Å². The van der Waals surface area contributed by atoms with E-state index in [-0.39, 0.29) is 5.41 Å². The second kappa shape index (κ2) is 3.00. The molecule has 0 aromatic heterocycles. The molecule has 0 radical (unpaired) electrons. The summed E-state index contributed by atoms with van der Waals surface area (Å²) in [6, 6.07) is 0.677. The van der Waals surface area contributed by atoms with E-state index < -0.39 is 0 Å². The third-order valence-electron chi connectivity index (χ3n) is 3.92. The third kappa shape index (κ3) is 1.09. The number of aliphatic hydroxyl groups is 1. The molecule has 1 heterocycles. The fourth-order valence-corrected chi connectivity index (χ4v) is 3.09. The zero-order valence-electron chi connectivity index (χ0n) is 7.92. The van der Waals surface area contributed by atoms with Gasteiger partial charge in [0.25, 0.3) is 0 Å². The third-order valence-corrected chi connectivity index (χ3v) is 3.92. The number of hydrogen-bond donors (Lipinski definition) is 1. The van der Waals surface area contributed by atoms with Crippen molar-refractivity contribution < 1.29 is 5.11 Å². The van der Waals surface area contributed by atoms with Gasteiger partial charge in [0, 0.05) is 11.5 Å². The summed E-state index contributed by atoms with van der Waals surface area (Å²) in [6.07, 6.45) is 6.45. The van der Waals surface area contributed by atoms with Crippen LogP contribution in [0.15, 0.2) is 0 Å². The van der Waals surface area contributed by atoms with E-state index >= 15 is 0 Å². The fourth-order valence-electron chi connectivity index (χ4n) is 3.09. The Labute approximate surface area is 74.6 Å². The standard InChI is InChI=1S/C10H19NO/c1-11-7-6-10(8-12)5-3-2-4-9(10)11/h9,12H,2-8H2,1H3. The van der Waals surface area contributed by atoms with Gasteiger partial charge in [-0.3, -0.25) is 0 Å². The van der Waals surface area contributed by atoms with Gasteiger partial charge in [-0.05, 0) is 32.9 Å². The molecule has 0 aromatic carbocycles. The molecular formula is C10H19NO. The molecule has 2 atom stereocenters. The molecule has 12 heavy (non-hydrogen) atoms. The van der Waals surface area contributed by atoms with Gasteiger partial charge in [-0.15, -0.1) is 0 Å². The Kier molecular flexibility index (Phi) is 2.13. The highest BCUT2D eigenvalue weighted by Gasteiger charge is 2.46. The highest BCUT2D eigenvalue weighted by Crippen LogP contribution is 2.45. The van der Waals surface area contributed by atoms with Crippen LogP contribution in [0.2, 0.25) is 0 Å². The average Bonchev–Trinajstić information content (AvgIpc) is 2.46. The summed E-state index contributed by atoms with van der Waals surface area (Å²) in [4.78, 5) is 2.44. The maximum Gasteiger partial charge on any atom is 0.0502 e. The Balaban J connectivity index is 2.16. The molecule has 2 rings (SSSR count). The summed E-state index contributed by atoms with van der Waals surface area (Å²) in [6.45, 7) is 1.59. The monoisotopic (exact) mass is 169 g/mol. The van der Waals surface area contributed by atoms with Gasteiger partial charge in [0.05, 0.1) is 6.61 Å². The second-order valence-electron chi connectivity index (χ2n) is 4.51. The largest absolute Gasteiger partial charge is 0.396 e. The molecule has 1 N–H and O–H groups in total. The highest BCUT2D eigenvalue weighted by molar-refractivity contribution is 4.99. The molecule has 1 saturated heterocycles. The summed E-state index contributed by atoms with van der Waals surface area (Å²) >= 11 is 0. The van der Waals surface area contributed by atoms with E-state index in [1.165, 1.54) is 38.6 Å². The summed E-state index contributed by atoms with van der Waals surface area (Å²) in [7, 11) is 2.20. The van der Waals surface area contributed by atoms with Gasteiger partial charge >= 0.3 is 0 Å². The summed E-state index contributed by atoms with van der Waals surface area (Å²) in [5, 5.41) is 9.44. The molecule has 1 aliphatic heterocycles. The first-order valence-electron chi connectivity index (χ1n) is 5.10. The normalized spacial score (nSPS) is 43.0. The molecule has 0 spiro atoms. The fraction of sp³-hybridized carbons (Fsp3) is 1.00. The van der Waals surface area contributed by atoms with E-state index in [9.17, 15) is 5.11 Å². The minimum Gasteiger partial charge on any atom is -0.396 e. The predicted molar refractivity (Wildman–Crippen MR) is 49.0 cm³/mol. The van der Waals surface area contributed by atoms with Crippen LogP contribution >= 0.6 is 0 Å². The zero-order chi connectivity index (χ0) is 8.60. The Hall–Kier alpha value is -0.0800. The maximum absolute atomic E-state index is 9.44. The van der Waals surface area contributed by atoms with Gasteiger partial charge < -0.3 is 10.0 Å². The first-order valence-corrected chi connectivity index (χ1v) is 5.10. The minimum atomic E-state index is 0.285. The molecular weight excluding hydrogens is 150 g/mol. The minimum absolute atomic E-state index is 0.285. The Morgan fingerprint density at radius 2 is 2.25 bits per heavy atom. The molecule has 0 bridgehead atoms. The molecule has 70 valence electrons. The Bertz CT molecular complexity index is 167. The van der Waals surface area contributed by atoms with Crippen LogP contribution in [0.5, 0.6) is 0 Å². The van der Waals surface area contributed by atoms with Crippen LogP contribution in [0.1, 0.15) is 32.1 Å². The highest BCUT2D eigenvalue weighted by atomic mass is 16.3. The number of fused-ring (bicyclic) bond motifs is 1. The van der Waals surface area contributed by atoms with Crippen LogP contribution in [-0.4, -0.2) is 36.2 Å². The van der Waals surface area contributed by atoms with E-state index in [1.54, 1.807) is 0 Å². The van der Waals surface area contributed by atoms with Crippen molar-refractivity contribution in [3.63, 3.8) is 0 Å². The van der Waals surface area contributed by atoms with E-state index in [0.29, 0.717) is 12.6 Å². The Morgan fingerprint density at radius 3 is 2.92 bits per heavy atom. The molecule has 2 heteroatoms. The van der Waals surface area contributed by atoms with Crippen LogP contribution in [0.3, 0.4) is 0 Å². The lowest BCUT2D eigenvalue weighted by molar-refractivity contribution is 0.0480. The number of hydrogen-bond acceptors (Lipinski definition) is 2. The van der Waals surface area contributed by atoms with Crippen molar-refractivity contribution in [3.05, 3.63) is 0 Å². The van der Waals surface area contributed by atoms with Crippen molar-refractivity contribution in [2.75, 3.05) is 20.2 Å². The van der Waals surface area contributed by atoms with Crippen molar-refractivity contribution in [1.29, 1.82) is 0 Å². The van der Waals surface area contributed by atoms with Crippen LogP contribution in [0.4, 0.5) is 0 Å². The molecule has 2 aliphatic rings. The quantitative estimate of drug-likeness (QED) is 0.638. The average molecular weight is 169 g/mol. The van der Waals surface area contributed by atoms with Crippen LogP contribution in [-0.2, 0) is 0 Å². The van der Waals surface area contributed by atoms with Crippen molar-refractivity contribution in [1.82, 2.24) is 4.90 Å². The van der Waals surface area contributed by atoms with Gasteiger partial charge in [0.15, 0.2) is 0 Å². The van der Waals surface area contributed by atoms with E-state index in [4.69, 9.17) is 0 Å². The summed E-state index contributed by atoms with van der Waals surface area (Å²) < 4.78 is 0. The number of rotatable bonds is 1. The van der Waals surface area contributed by atoms with E-state index in [1.807, 2.05) is 0 Å². The Morgan fingerprint density at radius 1 is 1.42 bits per heavy atom. The lowest BCUT2D eigenvalue weighted by atomic mass is 9.71. The van der Waals surface area contributed by atoms with Crippen molar-refractivity contribution >= 4 is 0 Å². The molecule has 2 fully saturated rings. The molecule has 0 amide bonds. The molecule has 1 aliphatic carbocycles. The van der Waals surface area contributed by atoms with Gasteiger partial charge in [-0.25, -0.2) is 0 Å². The maximum atomic E-state index is 9.44. The van der Waals surface area contributed by atoms with Gasteiger partial charge in [0.1, 0.15) is 0 Å². The van der Waals surface area contributed by atoms with Gasteiger partial charge in [-0.2, -0.15) is 0 Å². The van der Waals surface area contributed by atoms with Gasteiger partial charge in [0.2, 0.25) is 0 Å². The van der Waals surface area contributed by atoms with Crippen molar-refractivity contribution in [3.8, 4) is 0 Å². The van der Waals surface area contributed by atoms with Crippen molar-refractivity contribution in [2.24, 2.45) is 5.41 Å². The topological polar surface area (TPSA) is 23.5 Å². The molecule has 2 unspecified atom stereocenters. The predicted octanol–water partition coefficient (Wildman–Crippen LogP) is 1.24. The smallest absolute Gasteiger partial charge is 0.0502 e. The first-order chi connectivity index (χ1) is 5.78. The van der Waals surface area contributed by atoms with Crippen LogP contribution < -0.4 is 0 Å². The molecule has 0 aromatic rings. The SMILES string of the molecule is CN1CCC2(CO)CCCCC12. The van der Waals surface area contributed by atoms with E-state index in [2.05, 4.69) is 11.9 Å². The van der Waals surface area contributed by atoms with Crippen molar-refractivity contribution in [2.45, 2.75) is 38.1 Å². The zero-order valence-corrected chi connectivity index (χ0v) is 7.92. The number of likely N-dealkylation sites (tertiary alicyclic amines) is 1. The molecule has 2 nitrogen and oxygen atoms in total. The number of nitrogens with zero attached hydrogens (tertiary/aromatic N) is 1. The number of aliphatic hydroxyl groups excluding tert-OH is 1. The lowest BCUT2D eigenvalue weighted by Crippen LogP contribution is -2.42. The second-order valence-corrected chi connectivity index (χ2v) is 4.51. The molecule has 1 saturated carbocycles.